The molecule has 0 aliphatic heterocycles. The normalized spacial score (nSPS) is 10.1. The third-order valence-electron chi connectivity index (χ3n) is 1.65. The Balaban J connectivity index is 2.39. The predicted octanol–water partition coefficient (Wildman–Crippen LogP) is 1.88. The number of ether oxygens (including phenoxy) is 1. The molecule has 0 saturated heterocycles. The van der Waals surface area contributed by atoms with Crippen molar-refractivity contribution in [2.45, 2.75) is 0 Å². The van der Waals surface area contributed by atoms with Crippen LogP contribution in [0, 0.1) is 5.82 Å². The molecule has 1 aromatic heterocycles. The van der Waals surface area contributed by atoms with Gasteiger partial charge in [0, 0.05) is 5.56 Å². The molecular weight excluding hydrogens is 187 g/mol. The third kappa shape index (κ3) is 1.56. The SMILES string of the molecule is COc1nnc(-c2cccc(F)c2)o1. The highest BCUT2D eigenvalue weighted by molar-refractivity contribution is 5.52. The molecule has 0 spiro atoms. The summed E-state index contributed by atoms with van der Waals surface area (Å²) in [4.78, 5) is 0. The van der Waals surface area contributed by atoms with Crippen LogP contribution in [0.5, 0.6) is 6.08 Å². The van der Waals surface area contributed by atoms with E-state index in [0.29, 0.717) is 5.56 Å². The highest BCUT2D eigenvalue weighted by atomic mass is 19.1. The van der Waals surface area contributed by atoms with Gasteiger partial charge in [-0.2, -0.15) is 0 Å². The van der Waals surface area contributed by atoms with E-state index in [1.54, 1.807) is 12.1 Å². The second-order valence-electron chi connectivity index (χ2n) is 2.59. The van der Waals surface area contributed by atoms with Gasteiger partial charge in [0.2, 0.25) is 0 Å². The van der Waals surface area contributed by atoms with Crippen molar-refractivity contribution in [1.82, 2.24) is 10.2 Å². The third-order valence-corrected chi connectivity index (χ3v) is 1.65. The molecule has 1 heterocycles. The summed E-state index contributed by atoms with van der Waals surface area (Å²) >= 11 is 0. The lowest BCUT2D eigenvalue weighted by molar-refractivity contribution is 0.293. The quantitative estimate of drug-likeness (QED) is 0.732. The van der Waals surface area contributed by atoms with E-state index in [0.717, 1.165) is 0 Å². The molecule has 0 bridgehead atoms. The molecule has 0 aliphatic carbocycles. The van der Waals surface area contributed by atoms with Crippen molar-refractivity contribution in [2.75, 3.05) is 7.11 Å². The van der Waals surface area contributed by atoms with Gasteiger partial charge in [-0.15, -0.1) is 5.10 Å². The maximum Gasteiger partial charge on any atom is 0.414 e. The second-order valence-corrected chi connectivity index (χ2v) is 2.59. The van der Waals surface area contributed by atoms with E-state index in [-0.39, 0.29) is 17.8 Å². The molecule has 0 saturated carbocycles. The number of methoxy groups -OCH3 is 1. The van der Waals surface area contributed by atoms with Crippen LogP contribution in [0.25, 0.3) is 11.5 Å². The second kappa shape index (κ2) is 3.45. The monoisotopic (exact) mass is 194 g/mol. The largest absolute Gasteiger partial charge is 0.452 e. The standard InChI is InChI=1S/C9H7FN2O2/c1-13-9-12-11-8(14-9)6-3-2-4-7(10)5-6/h2-5H,1H3. The number of benzene rings is 1. The molecule has 0 amide bonds. The van der Waals surface area contributed by atoms with Gasteiger partial charge in [-0.3, -0.25) is 0 Å². The molecule has 14 heavy (non-hydrogen) atoms. The zero-order valence-electron chi connectivity index (χ0n) is 7.40. The van der Waals surface area contributed by atoms with Crippen LogP contribution in [0.4, 0.5) is 4.39 Å². The Morgan fingerprint density at radius 2 is 2.21 bits per heavy atom. The van der Waals surface area contributed by atoms with Crippen molar-refractivity contribution in [3.8, 4) is 17.5 Å². The van der Waals surface area contributed by atoms with Gasteiger partial charge >= 0.3 is 6.08 Å². The first-order valence-corrected chi connectivity index (χ1v) is 3.93. The van der Waals surface area contributed by atoms with E-state index < -0.39 is 0 Å². The maximum atomic E-state index is 12.8. The Morgan fingerprint density at radius 1 is 1.36 bits per heavy atom. The Labute approximate surface area is 79.3 Å². The van der Waals surface area contributed by atoms with Gasteiger partial charge in [0.05, 0.1) is 7.11 Å². The van der Waals surface area contributed by atoms with E-state index in [1.165, 1.54) is 19.2 Å². The van der Waals surface area contributed by atoms with Gasteiger partial charge in [-0.1, -0.05) is 11.2 Å². The molecule has 72 valence electrons. The van der Waals surface area contributed by atoms with Crippen LogP contribution in [0.3, 0.4) is 0 Å². The summed E-state index contributed by atoms with van der Waals surface area (Å²) in [6.07, 6.45) is 0.0595. The Morgan fingerprint density at radius 3 is 2.86 bits per heavy atom. The number of hydrogen-bond donors (Lipinski definition) is 0. The van der Waals surface area contributed by atoms with E-state index in [4.69, 9.17) is 9.15 Å². The minimum absolute atomic E-state index is 0.0595. The fourth-order valence-corrected chi connectivity index (χ4v) is 1.03. The van der Waals surface area contributed by atoms with Crippen molar-refractivity contribution < 1.29 is 13.5 Å². The molecular formula is C9H7FN2O2. The van der Waals surface area contributed by atoms with Gasteiger partial charge in [-0.05, 0) is 18.2 Å². The molecule has 0 N–H and O–H groups in total. The molecule has 4 nitrogen and oxygen atoms in total. The average molecular weight is 194 g/mol. The smallest absolute Gasteiger partial charge is 0.414 e. The van der Waals surface area contributed by atoms with Crippen LogP contribution in [0.1, 0.15) is 0 Å². The van der Waals surface area contributed by atoms with Gasteiger partial charge < -0.3 is 9.15 Å². The molecule has 5 heteroatoms. The van der Waals surface area contributed by atoms with Gasteiger partial charge in [0.1, 0.15) is 5.82 Å². The summed E-state index contributed by atoms with van der Waals surface area (Å²) in [6, 6.07) is 5.90. The van der Waals surface area contributed by atoms with Crippen molar-refractivity contribution in [3.05, 3.63) is 30.1 Å². The van der Waals surface area contributed by atoms with Crippen LogP contribution in [-0.4, -0.2) is 17.3 Å². The molecule has 2 rings (SSSR count). The molecule has 2 aromatic rings. The summed E-state index contributed by atoms with van der Waals surface area (Å²) < 4.78 is 22.6. The lowest BCUT2D eigenvalue weighted by atomic mass is 10.2. The summed E-state index contributed by atoms with van der Waals surface area (Å²) in [6.45, 7) is 0. The molecule has 0 fully saturated rings. The van der Waals surface area contributed by atoms with E-state index in [2.05, 4.69) is 10.2 Å². The van der Waals surface area contributed by atoms with Crippen molar-refractivity contribution in [1.29, 1.82) is 0 Å². The summed E-state index contributed by atoms with van der Waals surface area (Å²) in [5, 5.41) is 7.27. The molecule has 0 aliphatic rings. The lowest BCUT2D eigenvalue weighted by Gasteiger charge is -1.93. The highest BCUT2D eigenvalue weighted by Crippen LogP contribution is 2.20. The number of hydrogen-bond acceptors (Lipinski definition) is 4. The average Bonchev–Trinajstić information content (AvgIpc) is 2.66. The topological polar surface area (TPSA) is 48.2 Å². The molecule has 0 atom stereocenters. The number of rotatable bonds is 2. The van der Waals surface area contributed by atoms with E-state index >= 15 is 0 Å². The van der Waals surface area contributed by atoms with E-state index in [1.807, 2.05) is 0 Å². The highest BCUT2D eigenvalue weighted by Gasteiger charge is 2.08. The van der Waals surface area contributed by atoms with Crippen molar-refractivity contribution >= 4 is 0 Å². The van der Waals surface area contributed by atoms with Gasteiger partial charge in [0.25, 0.3) is 5.89 Å². The van der Waals surface area contributed by atoms with Crippen LogP contribution in [0.15, 0.2) is 28.7 Å². The summed E-state index contributed by atoms with van der Waals surface area (Å²) in [5.74, 6) is -0.110. The number of halogens is 1. The first-order chi connectivity index (χ1) is 6.79. The number of nitrogens with zero attached hydrogens (tertiary/aromatic N) is 2. The maximum absolute atomic E-state index is 12.8. The summed E-state index contributed by atoms with van der Waals surface area (Å²) in [7, 11) is 1.42. The Hall–Kier alpha value is -1.91. The minimum Gasteiger partial charge on any atom is -0.452 e. The Bertz CT molecular complexity index is 442. The number of aromatic nitrogens is 2. The first-order valence-electron chi connectivity index (χ1n) is 3.93. The molecule has 0 unspecified atom stereocenters. The van der Waals surface area contributed by atoms with Crippen LogP contribution in [-0.2, 0) is 0 Å². The summed E-state index contributed by atoms with van der Waals surface area (Å²) in [5.41, 5.74) is 0.529. The fraction of sp³-hybridized carbons (Fsp3) is 0.111. The fourth-order valence-electron chi connectivity index (χ4n) is 1.03. The first kappa shape index (κ1) is 8.68. The minimum atomic E-state index is -0.348. The molecule has 1 aromatic carbocycles. The Kier molecular flexibility index (Phi) is 2.14. The lowest BCUT2D eigenvalue weighted by Crippen LogP contribution is -1.80. The van der Waals surface area contributed by atoms with Gasteiger partial charge in [0.15, 0.2) is 0 Å². The van der Waals surface area contributed by atoms with Crippen LogP contribution >= 0.6 is 0 Å². The zero-order valence-corrected chi connectivity index (χ0v) is 7.40. The van der Waals surface area contributed by atoms with Gasteiger partial charge in [-0.25, -0.2) is 4.39 Å². The van der Waals surface area contributed by atoms with Crippen LogP contribution < -0.4 is 4.74 Å². The predicted molar refractivity (Wildman–Crippen MR) is 46.2 cm³/mol. The van der Waals surface area contributed by atoms with Crippen molar-refractivity contribution in [2.24, 2.45) is 0 Å². The molecule has 0 radical (unpaired) electrons. The van der Waals surface area contributed by atoms with E-state index in [9.17, 15) is 4.39 Å². The van der Waals surface area contributed by atoms with Crippen molar-refractivity contribution in [3.63, 3.8) is 0 Å². The van der Waals surface area contributed by atoms with Crippen LogP contribution in [0.2, 0.25) is 0 Å². The zero-order chi connectivity index (χ0) is 9.97.